The van der Waals surface area contributed by atoms with E-state index in [1.807, 2.05) is 18.2 Å². The third-order valence-electron chi connectivity index (χ3n) is 7.72. The first kappa shape index (κ1) is 32.8. The number of benzene rings is 2. The number of aliphatic carboxylic acids is 1. The standard InChI is InChI=1S/C32H45O5.Pr/c1-2-3-4-7-10-13-25(32(35)36)14-11-8-5-6-9-12-15-28-29-21-20-27(34)22-31(29)37-23-30(28)24-16-18-26(33)19-17-24;/h16-22,25,28,33-34H,2-15,23H2,1H3,(H,35,36);/q-1;+3. The van der Waals surface area contributed by atoms with E-state index in [2.05, 4.69) is 6.92 Å². The molecule has 1 aliphatic heterocycles. The van der Waals surface area contributed by atoms with E-state index in [-0.39, 0.29) is 64.6 Å². The normalized spacial score (nSPS) is 15.3. The zero-order chi connectivity index (χ0) is 26.5. The average Bonchev–Trinajstić information content (AvgIpc) is 2.89. The van der Waals surface area contributed by atoms with Crippen molar-refractivity contribution in [2.24, 2.45) is 5.92 Å². The molecule has 0 aliphatic carbocycles. The molecule has 0 saturated heterocycles. The number of rotatable bonds is 17. The largest absolute Gasteiger partial charge is 3.00 e. The molecule has 3 N–H and O–H groups in total. The molecule has 204 valence electrons. The first-order valence-electron chi connectivity index (χ1n) is 14.3. The smallest absolute Gasteiger partial charge is 0.510 e. The molecule has 0 bridgehead atoms. The molecule has 0 spiro atoms. The van der Waals surface area contributed by atoms with Crippen LogP contribution in [-0.2, 0) is 4.79 Å². The van der Waals surface area contributed by atoms with Gasteiger partial charge in [-0.3, -0.25) is 4.79 Å². The van der Waals surface area contributed by atoms with Crippen molar-refractivity contribution in [2.45, 2.75) is 103 Å². The number of hydrogen-bond acceptors (Lipinski definition) is 4. The van der Waals surface area contributed by atoms with Crippen LogP contribution in [0.3, 0.4) is 0 Å². The Morgan fingerprint density at radius 1 is 0.868 bits per heavy atom. The van der Waals surface area contributed by atoms with Crippen molar-refractivity contribution < 1.29 is 66.1 Å². The number of fused-ring (bicyclic) bond motifs is 1. The topological polar surface area (TPSA) is 87.0 Å². The Morgan fingerprint density at radius 2 is 1.45 bits per heavy atom. The number of carboxylic acids is 1. The Morgan fingerprint density at radius 3 is 2.08 bits per heavy atom. The number of unbranched alkanes of at least 4 members (excludes halogenated alkanes) is 9. The SMILES string of the molecule is CCCCCCCC(CCCCCCCCC1c2ccc(O)cc2OC[C-]1c1ccc(O)cc1)C(=O)O.[Pr+3]. The Kier molecular flexibility index (Phi) is 15.5. The van der Waals surface area contributed by atoms with Gasteiger partial charge < -0.3 is 20.1 Å². The molecular weight excluding hydrogens is 605 g/mol. The van der Waals surface area contributed by atoms with Gasteiger partial charge in [0, 0.05) is 6.07 Å². The van der Waals surface area contributed by atoms with E-state index in [0.717, 1.165) is 87.5 Å². The van der Waals surface area contributed by atoms with Gasteiger partial charge >= 0.3 is 47.3 Å². The van der Waals surface area contributed by atoms with E-state index in [4.69, 9.17) is 4.74 Å². The minimum absolute atomic E-state index is 0. The quantitative estimate of drug-likeness (QED) is 0.118. The molecule has 2 unspecified atom stereocenters. The van der Waals surface area contributed by atoms with Crippen molar-refractivity contribution in [1.82, 2.24) is 0 Å². The van der Waals surface area contributed by atoms with E-state index in [1.165, 1.54) is 25.2 Å². The van der Waals surface area contributed by atoms with Crippen molar-refractivity contribution in [1.29, 1.82) is 0 Å². The Labute approximate surface area is 262 Å². The number of hydrogen-bond donors (Lipinski definition) is 3. The van der Waals surface area contributed by atoms with Gasteiger partial charge in [-0.1, -0.05) is 102 Å². The minimum atomic E-state index is -0.624. The van der Waals surface area contributed by atoms with Crippen LogP contribution in [0, 0.1) is 53.1 Å². The fourth-order valence-electron chi connectivity index (χ4n) is 5.50. The molecule has 5 nitrogen and oxygen atoms in total. The van der Waals surface area contributed by atoms with Crippen LogP contribution in [-0.4, -0.2) is 27.9 Å². The Hall–Kier alpha value is -1.46. The van der Waals surface area contributed by atoms with Gasteiger partial charge in [0.05, 0.1) is 18.3 Å². The van der Waals surface area contributed by atoms with E-state index < -0.39 is 5.97 Å². The molecule has 1 aliphatic rings. The van der Waals surface area contributed by atoms with E-state index >= 15 is 0 Å². The molecular formula is C32H45O5Pr+2. The third-order valence-corrected chi connectivity index (χ3v) is 7.72. The van der Waals surface area contributed by atoms with Crippen LogP contribution in [0.1, 0.15) is 114 Å². The number of phenols is 2. The van der Waals surface area contributed by atoms with E-state index in [0.29, 0.717) is 6.61 Å². The van der Waals surface area contributed by atoms with Crippen LogP contribution < -0.4 is 4.74 Å². The summed E-state index contributed by atoms with van der Waals surface area (Å²) in [6.45, 7) is 2.68. The van der Waals surface area contributed by atoms with Crippen LogP contribution in [0.4, 0.5) is 0 Å². The van der Waals surface area contributed by atoms with Crippen LogP contribution in [0.15, 0.2) is 42.5 Å². The average molecular weight is 651 g/mol. The molecule has 3 rings (SSSR count). The van der Waals surface area contributed by atoms with Crippen molar-refractivity contribution in [3.63, 3.8) is 0 Å². The second-order valence-corrected chi connectivity index (χ2v) is 10.6. The number of aromatic hydroxyl groups is 2. The van der Waals surface area contributed by atoms with Crippen molar-refractivity contribution in [3.05, 3.63) is 59.5 Å². The third kappa shape index (κ3) is 10.6. The zero-order valence-corrected chi connectivity index (χ0v) is 26.7. The maximum atomic E-state index is 11.6. The molecule has 0 radical (unpaired) electrons. The molecule has 0 saturated carbocycles. The van der Waals surface area contributed by atoms with Gasteiger partial charge in [-0.25, -0.2) is 0 Å². The summed E-state index contributed by atoms with van der Waals surface area (Å²) in [5.41, 5.74) is 2.20. The molecule has 0 aromatic heterocycles. The first-order valence-corrected chi connectivity index (χ1v) is 14.3. The van der Waals surface area contributed by atoms with Gasteiger partial charge in [0.15, 0.2) is 0 Å². The summed E-state index contributed by atoms with van der Waals surface area (Å²) in [6.07, 6.45) is 15.2. The maximum absolute atomic E-state index is 11.6. The summed E-state index contributed by atoms with van der Waals surface area (Å²) < 4.78 is 5.98. The second kappa shape index (κ2) is 18.0. The maximum Gasteiger partial charge on any atom is 3.00 e. The van der Waals surface area contributed by atoms with Crippen molar-refractivity contribution in [3.8, 4) is 17.2 Å². The summed E-state index contributed by atoms with van der Waals surface area (Å²) in [6, 6.07) is 12.7. The number of phenolic OH excluding ortho intramolecular Hbond substituents is 2. The van der Waals surface area contributed by atoms with E-state index in [1.54, 1.807) is 24.3 Å². The predicted octanol–water partition coefficient (Wildman–Crippen LogP) is 8.38. The fourth-order valence-corrected chi connectivity index (χ4v) is 5.50. The van der Waals surface area contributed by atoms with Gasteiger partial charge in [0.1, 0.15) is 11.5 Å². The number of ether oxygens (including phenoxy) is 1. The number of carboxylic acid groups (broad SMARTS) is 1. The van der Waals surface area contributed by atoms with Crippen molar-refractivity contribution in [2.75, 3.05) is 6.61 Å². The Bertz CT molecular complexity index is 945. The van der Waals surface area contributed by atoms with E-state index in [9.17, 15) is 20.1 Å². The van der Waals surface area contributed by atoms with Crippen LogP contribution in [0.5, 0.6) is 17.2 Å². The first-order chi connectivity index (χ1) is 18.0. The molecule has 6 heteroatoms. The molecule has 0 amide bonds. The van der Waals surface area contributed by atoms with Gasteiger partial charge in [-0.2, -0.15) is 17.7 Å². The fraction of sp³-hybridized carbons (Fsp3) is 0.562. The molecule has 2 atom stereocenters. The molecule has 38 heavy (non-hydrogen) atoms. The molecule has 2 aromatic rings. The summed E-state index contributed by atoms with van der Waals surface area (Å²) in [4.78, 5) is 11.6. The summed E-state index contributed by atoms with van der Waals surface area (Å²) in [5.74, 6) is 1.86. The number of carbonyl (C=O) groups is 1. The predicted molar refractivity (Wildman–Crippen MR) is 148 cm³/mol. The van der Waals surface area contributed by atoms with Gasteiger partial charge in [0.25, 0.3) is 0 Å². The van der Waals surface area contributed by atoms with Crippen LogP contribution in [0.25, 0.3) is 0 Å². The molecule has 2 aromatic carbocycles. The van der Waals surface area contributed by atoms with Gasteiger partial charge in [-0.15, -0.1) is 5.92 Å². The zero-order valence-electron chi connectivity index (χ0n) is 23.0. The van der Waals surface area contributed by atoms with Gasteiger partial charge in [0.2, 0.25) is 0 Å². The summed E-state index contributed by atoms with van der Waals surface area (Å²) in [7, 11) is 0. The van der Waals surface area contributed by atoms with Gasteiger partial charge in [-0.05, 0) is 30.4 Å². The minimum Gasteiger partial charge on any atom is -0.510 e. The van der Waals surface area contributed by atoms with Crippen LogP contribution >= 0.6 is 0 Å². The van der Waals surface area contributed by atoms with Crippen molar-refractivity contribution >= 4 is 5.97 Å². The monoisotopic (exact) mass is 650 g/mol. The molecule has 0 fully saturated rings. The summed E-state index contributed by atoms with van der Waals surface area (Å²) >= 11 is 0. The second-order valence-electron chi connectivity index (χ2n) is 10.6. The molecule has 1 heterocycles. The van der Waals surface area contributed by atoms with Crippen LogP contribution in [0.2, 0.25) is 0 Å². The Balaban J connectivity index is 0.00000507. The summed E-state index contributed by atoms with van der Waals surface area (Å²) in [5, 5.41) is 29.1.